The van der Waals surface area contributed by atoms with Crippen molar-refractivity contribution in [3.63, 3.8) is 0 Å². The molecule has 0 radical (unpaired) electrons. The van der Waals surface area contributed by atoms with E-state index < -0.39 is 0 Å². The van der Waals surface area contributed by atoms with Gasteiger partial charge in [-0.05, 0) is 37.4 Å². The van der Waals surface area contributed by atoms with Gasteiger partial charge in [0.15, 0.2) is 0 Å². The molecule has 1 heterocycles. The molecule has 1 unspecified atom stereocenters. The standard InChI is InChI=1S/C18H24N2S/c1-17(2,3)15-12-21-16(20-15)18(19-4)10-9-13-7-5-6-8-14(13)11-18/h5-8,12,19H,9-11H2,1-4H3. The van der Waals surface area contributed by atoms with Crippen LogP contribution in [-0.4, -0.2) is 12.0 Å². The Bertz CT molecular complexity index is 639. The van der Waals surface area contributed by atoms with E-state index in [1.807, 2.05) is 11.3 Å². The van der Waals surface area contributed by atoms with E-state index in [0.717, 1.165) is 19.3 Å². The van der Waals surface area contributed by atoms with Gasteiger partial charge in [0.25, 0.3) is 0 Å². The Morgan fingerprint density at radius 3 is 2.52 bits per heavy atom. The molecule has 2 aromatic rings. The van der Waals surface area contributed by atoms with E-state index in [4.69, 9.17) is 4.98 Å². The van der Waals surface area contributed by atoms with Gasteiger partial charge >= 0.3 is 0 Å². The molecule has 21 heavy (non-hydrogen) atoms. The van der Waals surface area contributed by atoms with Gasteiger partial charge in [0.1, 0.15) is 5.01 Å². The molecular formula is C18H24N2S. The Labute approximate surface area is 131 Å². The molecule has 0 fully saturated rings. The van der Waals surface area contributed by atoms with E-state index in [1.165, 1.54) is 21.8 Å². The van der Waals surface area contributed by atoms with Crippen LogP contribution in [0.4, 0.5) is 0 Å². The Balaban J connectivity index is 1.97. The summed E-state index contributed by atoms with van der Waals surface area (Å²) in [5.74, 6) is 0. The molecule has 0 saturated carbocycles. The third-order valence-corrected chi connectivity index (χ3v) is 5.64. The second-order valence-electron chi connectivity index (χ2n) is 7.07. The van der Waals surface area contributed by atoms with Crippen LogP contribution in [0.3, 0.4) is 0 Å². The minimum Gasteiger partial charge on any atom is -0.308 e. The molecule has 1 aromatic carbocycles. The van der Waals surface area contributed by atoms with Gasteiger partial charge < -0.3 is 5.32 Å². The number of thiazole rings is 1. The lowest BCUT2D eigenvalue weighted by atomic mass is 9.78. The zero-order valence-corrected chi connectivity index (χ0v) is 14.2. The smallest absolute Gasteiger partial charge is 0.113 e. The van der Waals surface area contributed by atoms with Crippen molar-refractivity contribution >= 4 is 11.3 Å². The Hall–Kier alpha value is -1.19. The number of hydrogen-bond acceptors (Lipinski definition) is 3. The van der Waals surface area contributed by atoms with Crippen LogP contribution in [-0.2, 0) is 23.8 Å². The summed E-state index contributed by atoms with van der Waals surface area (Å²) in [5.41, 5.74) is 4.29. The molecule has 0 amide bonds. The van der Waals surface area contributed by atoms with Crippen molar-refractivity contribution in [2.45, 2.75) is 51.0 Å². The van der Waals surface area contributed by atoms with Gasteiger partial charge in [0.2, 0.25) is 0 Å². The maximum absolute atomic E-state index is 4.98. The summed E-state index contributed by atoms with van der Waals surface area (Å²) >= 11 is 1.81. The van der Waals surface area contributed by atoms with Crippen LogP contribution in [0.2, 0.25) is 0 Å². The summed E-state index contributed by atoms with van der Waals surface area (Å²) in [4.78, 5) is 4.98. The van der Waals surface area contributed by atoms with Crippen LogP contribution in [0, 0.1) is 0 Å². The fourth-order valence-corrected chi connectivity index (χ4v) is 4.36. The predicted octanol–water partition coefficient (Wildman–Crippen LogP) is 4.04. The zero-order chi connectivity index (χ0) is 15.1. The van der Waals surface area contributed by atoms with Gasteiger partial charge in [-0.15, -0.1) is 11.3 Å². The van der Waals surface area contributed by atoms with Crippen molar-refractivity contribution < 1.29 is 0 Å². The Kier molecular flexibility index (Phi) is 3.66. The molecular weight excluding hydrogens is 276 g/mol. The summed E-state index contributed by atoms with van der Waals surface area (Å²) in [6.07, 6.45) is 3.29. The first-order chi connectivity index (χ1) is 9.94. The summed E-state index contributed by atoms with van der Waals surface area (Å²) in [6.45, 7) is 6.69. The van der Waals surface area contributed by atoms with Crippen molar-refractivity contribution in [2.24, 2.45) is 0 Å². The monoisotopic (exact) mass is 300 g/mol. The molecule has 112 valence electrons. The third kappa shape index (κ3) is 2.65. The number of fused-ring (bicyclic) bond motifs is 1. The first-order valence-corrected chi connectivity index (χ1v) is 8.55. The molecule has 3 rings (SSSR count). The van der Waals surface area contributed by atoms with Crippen molar-refractivity contribution in [3.8, 4) is 0 Å². The highest BCUT2D eigenvalue weighted by Gasteiger charge is 2.37. The number of benzene rings is 1. The molecule has 0 bridgehead atoms. The average Bonchev–Trinajstić information content (AvgIpc) is 2.97. The van der Waals surface area contributed by atoms with Crippen LogP contribution < -0.4 is 5.32 Å². The van der Waals surface area contributed by atoms with E-state index in [2.05, 4.69) is 62.8 Å². The fraction of sp³-hybridized carbons (Fsp3) is 0.500. The fourth-order valence-electron chi connectivity index (χ4n) is 3.08. The average molecular weight is 300 g/mol. The number of hydrogen-bond donors (Lipinski definition) is 1. The number of nitrogens with zero attached hydrogens (tertiary/aromatic N) is 1. The molecule has 3 heteroatoms. The predicted molar refractivity (Wildman–Crippen MR) is 90.0 cm³/mol. The number of aromatic nitrogens is 1. The van der Waals surface area contributed by atoms with Crippen molar-refractivity contribution in [1.82, 2.24) is 10.3 Å². The highest BCUT2D eigenvalue weighted by molar-refractivity contribution is 7.09. The van der Waals surface area contributed by atoms with Crippen molar-refractivity contribution in [1.29, 1.82) is 0 Å². The minimum atomic E-state index is 0.00250. The number of nitrogens with one attached hydrogen (secondary N) is 1. The minimum absolute atomic E-state index is 0.00250. The van der Waals surface area contributed by atoms with Crippen LogP contribution in [0.25, 0.3) is 0 Å². The van der Waals surface area contributed by atoms with Crippen LogP contribution in [0.15, 0.2) is 29.6 Å². The van der Waals surface area contributed by atoms with E-state index in [9.17, 15) is 0 Å². The normalized spacial score (nSPS) is 22.1. The van der Waals surface area contributed by atoms with Gasteiger partial charge in [-0.3, -0.25) is 0 Å². The van der Waals surface area contributed by atoms with Gasteiger partial charge in [0, 0.05) is 10.8 Å². The molecule has 1 aliphatic carbocycles. The van der Waals surface area contributed by atoms with Crippen LogP contribution in [0.1, 0.15) is 49.0 Å². The summed E-state index contributed by atoms with van der Waals surface area (Å²) in [6, 6.07) is 8.82. The summed E-state index contributed by atoms with van der Waals surface area (Å²) in [7, 11) is 2.08. The lowest BCUT2D eigenvalue weighted by Gasteiger charge is -2.36. The Morgan fingerprint density at radius 2 is 1.90 bits per heavy atom. The molecule has 1 N–H and O–H groups in total. The van der Waals surface area contributed by atoms with E-state index in [0.29, 0.717) is 0 Å². The van der Waals surface area contributed by atoms with Crippen LogP contribution >= 0.6 is 11.3 Å². The first kappa shape index (κ1) is 14.7. The lowest BCUT2D eigenvalue weighted by molar-refractivity contribution is 0.312. The van der Waals surface area contributed by atoms with Gasteiger partial charge in [0.05, 0.1) is 11.2 Å². The molecule has 1 aromatic heterocycles. The Morgan fingerprint density at radius 1 is 1.19 bits per heavy atom. The molecule has 0 saturated heterocycles. The second kappa shape index (κ2) is 5.22. The molecule has 0 aliphatic heterocycles. The second-order valence-corrected chi connectivity index (χ2v) is 7.92. The summed E-state index contributed by atoms with van der Waals surface area (Å²) in [5, 5.41) is 7.06. The summed E-state index contributed by atoms with van der Waals surface area (Å²) < 4.78 is 0. The van der Waals surface area contributed by atoms with Crippen LogP contribution in [0.5, 0.6) is 0 Å². The maximum atomic E-state index is 4.98. The van der Waals surface area contributed by atoms with Crippen molar-refractivity contribution in [2.75, 3.05) is 7.05 Å². The van der Waals surface area contributed by atoms with Gasteiger partial charge in [-0.25, -0.2) is 4.98 Å². The number of rotatable bonds is 2. The molecule has 2 nitrogen and oxygen atoms in total. The third-order valence-electron chi connectivity index (χ3n) is 4.59. The van der Waals surface area contributed by atoms with Gasteiger partial charge in [-0.2, -0.15) is 0 Å². The van der Waals surface area contributed by atoms with E-state index in [1.54, 1.807) is 0 Å². The number of likely N-dealkylation sites (N-methyl/N-ethyl adjacent to an activating group) is 1. The highest BCUT2D eigenvalue weighted by Crippen LogP contribution is 2.38. The quantitative estimate of drug-likeness (QED) is 0.905. The van der Waals surface area contributed by atoms with E-state index in [-0.39, 0.29) is 11.0 Å². The first-order valence-electron chi connectivity index (χ1n) is 7.67. The molecule has 1 aliphatic rings. The highest BCUT2D eigenvalue weighted by atomic mass is 32.1. The van der Waals surface area contributed by atoms with E-state index >= 15 is 0 Å². The largest absolute Gasteiger partial charge is 0.308 e. The van der Waals surface area contributed by atoms with Crippen molar-refractivity contribution in [3.05, 3.63) is 51.5 Å². The molecule has 0 spiro atoms. The maximum Gasteiger partial charge on any atom is 0.113 e. The van der Waals surface area contributed by atoms with Gasteiger partial charge in [-0.1, -0.05) is 45.0 Å². The lowest BCUT2D eigenvalue weighted by Crippen LogP contribution is -2.44. The molecule has 1 atom stereocenters. The number of aryl methyl sites for hydroxylation is 1. The topological polar surface area (TPSA) is 24.9 Å². The SMILES string of the molecule is CNC1(c2nc(C(C)(C)C)cs2)CCc2ccccc2C1. The zero-order valence-electron chi connectivity index (χ0n) is 13.4.